The summed E-state index contributed by atoms with van der Waals surface area (Å²) < 4.78 is 7.53. The van der Waals surface area contributed by atoms with Gasteiger partial charge in [-0.05, 0) is 68.8 Å². The quantitative estimate of drug-likeness (QED) is 0.484. The first kappa shape index (κ1) is 22.7. The number of hydrogen-bond acceptors (Lipinski definition) is 7. The maximum Gasteiger partial charge on any atom is 0.299 e. The maximum atomic E-state index is 12.4. The number of carbonyl (C=O) groups excluding carboxylic acids is 1. The summed E-state index contributed by atoms with van der Waals surface area (Å²) in [5.41, 5.74) is 3.98. The Morgan fingerprint density at radius 2 is 2.00 bits per heavy atom. The lowest BCUT2D eigenvalue weighted by Crippen LogP contribution is -2.30. The zero-order valence-corrected chi connectivity index (χ0v) is 19.6. The topological polar surface area (TPSA) is 104 Å². The van der Waals surface area contributed by atoms with E-state index in [1.807, 2.05) is 43.5 Å². The third kappa shape index (κ3) is 5.52. The Kier molecular flexibility index (Phi) is 6.49. The summed E-state index contributed by atoms with van der Waals surface area (Å²) in [5, 5.41) is 9.36. The van der Waals surface area contributed by atoms with Crippen LogP contribution in [0, 0.1) is 6.92 Å². The fraction of sp³-hybridized carbons (Fsp3) is 0.269. The number of amides is 1. The molecular formula is C26H28N6O3. The summed E-state index contributed by atoms with van der Waals surface area (Å²) in [6.45, 7) is 4.87. The van der Waals surface area contributed by atoms with Crippen molar-refractivity contribution in [3.8, 4) is 0 Å². The van der Waals surface area contributed by atoms with Crippen molar-refractivity contribution in [3.63, 3.8) is 0 Å². The van der Waals surface area contributed by atoms with Gasteiger partial charge in [-0.1, -0.05) is 6.07 Å². The molecule has 0 unspecified atom stereocenters. The molecule has 2 aliphatic heterocycles. The van der Waals surface area contributed by atoms with Crippen molar-refractivity contribution in [2.24, 2.45) is 0 Å². The van der Waals surface area contributed by atoms with Crippen LogP contribution in [0.1, 0.15) is 24.2 Å². The molecule has 9 nitrogen and oxygen atoms in total. The van der Waals surface area contributed by atoms with Crippen LogP contribution < -0.4 is 21.5 Å². The molecule has 1 aromatic carbocycles. The number of anilines is 3. The van der Waals surface area contributed by atoms with Crippen molar-refractivity contribution >= 4 is 34.6 Å². The zero-order valence-electron chi connectivity index (χ0n) is 19.6. The minimum Gasteiger partial charge on any atom is -0.423 e. The van der Waals surface area contributed by atoms with Gasteiger partial charge in [0.1, 0.15) is 0 Å². The molecule has 5 rings (SSSR count). The Bertz CT molecular complexity index is 1350. The number of hydrogen-bond donors (Lipinski definition) is 3. The van der Waals surface area contributed by atoms with Crippen LogP contribution in [0.4, 0.5) is 17.4 Å². The molecule has 2 aliphatic rings. The number of aromatic nitrogens is 2. The molecule has 0 aliphatic carbocycles. The van der Waals surface area contributed by atoms with E-state index in [2.05, 4.69) is 25.8 Å². The van der Waals surface area contributed by atoms with Crippen molar-refractivity contribution in [2.45, 2.75) is 19.8 Å². The molecular weight excluding hydrogens is 444 g/mol. The van der Waals surface area contributed by atoms with E-state index < -0.39 is 0 Å². The molecule has 3 N–H and O–H groups in total. The molecule has 180 valence electrons. The van der Waals surface area contributed by atoms with Crippen LogP contribution in [0.2, 0.25) is 0 Å². The summed E-state index contributed by atoms with van der Waals surface area (Å²) in [5.74, 6) is 0.548. The van der Waals surface area contributed by atoms with Crippen LogP contribution in [0.3, 0.4) is 0 Å². The lowest BCUT2D eigenvalue weighted by Gasteiger charge is -2.16. The van der Waals surface area contributed by atoms with Gasteiger partial charge in [0.25, 0.3) is 11.6 Å². The number of rotatable bonds is 7. The summed E-state index contributed by atoms with van der Waals surface area (Å²) in [6, 6.07) is 11.2. The number of dihydropyridines is 1. The summed E-state index contributed by atoms with van der Waals surface area (Å²) in [7, 11) is 0. The van der Waals surface area contributed by atoms with Crippen LogP contribution in [-0.4, -0.2) is 46.5 Å². The summed E-state index contributed by atoms with van der Waals surface area (Å²) in [4.78, 5) is 31.1. The van der Waals surface area contributed by atoms with Crippen molar-refractivity contribution in [1.82, 2.24) is 19.8 Å². The fourth-order valence-electron chi connectivity index (χ4n) is 4.36. The van der Waals surface area contributed by atoms with E-state index >= 15 is 0 Å². The number of aryl methyl sites for hydroxylation is 1. The molecule has 0 radical (unpaired) electrons. The second-order valence-electron chi connectivity index (χ2n) is 8.80. The van der Waals surface area contributed by atoms with Crippen LogP contribution in [0.25, 0.3) is 11.3 Å². The van der Waals surface area contributed by atoms with Crippen LogP contribution in [0.5, 0.6) is 0 Å². The lowest BCUT2D eigenvalue weighted by molar-refractivity contribution is -0.117. The molecule has 1 saturated heterocycles. The smallest absolute Gasteiger partial charge is 0.299 e. The summed E-state index contributed by atoms with van der Waals surface area (Å²) >= 11 is 0. The third-order valence-electron chi connectivity index (χ3n) is 5.96. The highest BCUT2D eigenvalue weighted by molar-refractivity contribution is 5.93. The van der Waals surface area contributed by atoms with Gasteiger partial charge < -0.3 is 20.4 Å². The standard InChI is InChI=1S/C26H28N6O3/c1-18-10-20(29-24(33)17-31-7-4-5-8-31)13-21(11-18)30-26-28-16-23(35-26)19-12-22(15-27-14-19)32-9-3-2-6-25(32)34/h2-3,6,9-14,16,27H,4-5,7-8,15,17H2,1H3,(H,28,30)(H,29,33). The molecule has 0 bridgehead atoms. The predicted molar refractivity (Wildman–Crippen MR) is 136 cm³/mol. The molecule has 3 aromatic rings. The minimum absolute atomic E-state index is 0.0151. The van der Waals surface area contributed by atoms with Gasteiger partial charge in [0.15, 0.2) is 5.76 Å². The number of pyridine rings is 1. The third-order valence-corrected chi connectivity index (χ3v) is 5.96. The Morgan fingerprint density at radius 1 is 1.17 bits per heavy atom. The van der Waals surface area contributed by atoms with Crippen molar-refractivity contribution in [1.29, 1.82) is 0 Å². The number of allylic oxidation sites excluding steroid dienone is 2. The number of carbonyl (C=O) groups is 1. The van der Waals surface area contributed by atoms with E-state index in [0.717, 1.165) is 54.1 Å². The van der Waals surface area contributed by atoms with E-state index in [0.29, 0.717) is 24.9 Å². The monoisotopic (exact) mass is 472 g/mol. The molecule has 0 atom stereocenters. The highest BCUT2D eigenvalue weighted by Gasteiger charge is 2.16. The molecule has 35 heavy (non-hydrogen) atoms. The first-order chi connectivity index (χ1) is 17.0. The largest absolute Gasteiger partial charge is 0.423 e. The van der Waals surface area contributed by atoms with E-state index in [9.17, 15) is 9.59 Å². The number of benzene rings is 1. The van der Waals surface area contributed by atoms with Gasteiger partial charge in [-0.2, -0.15) is 0 Å². The Morgan fingerprint density at radius 3 is 2.83 bits per heavy atom. The van der Waals surface area contributed by atoms with Crippen molar-refractivity contribution in [2.75, 3.05) is 36.8 Å². The van der Waals surface area contributed by atoms with Gasteiger partial charge in [0.05, 0.1) is 19.3 Å². The maximum absolute atomic E-state index is 12.4. The molecule has 2 aromatic heterocycles. The first-order valence-corrected chi connectivity index (χ1v) is 11.7. The molecule has 1 amide bonds. The van der Waals surface area contributed by atoms with Crippen LogP contribution >= 0.6 is 0 Å². The van der Waals surface area contributed by atoms with Gasteiger partial charge in [0, 0.05) is 41.1 Å². The second kappa shape index (κ2) is 10.0. The number of nitrogens with zero attached hydrogens (tertiary/aromatic N) is 3. The van der Waals surface area contributed by atoms with Gasteiger partial charge in [-0.25, -0.2) is 4.98 Å². The first-order valence-electron chi connectivity index (χ1n) is 11.7. The normalized spacial score (nSPS) is 15.8. The van der Waals surface area contributed by atoms with Crippen LogP contribution in [-0.2, 0) is 4.79 Å². The van der Waals surface area contributed by atoms with Gasteiger partial charge in [-0.3, -0.25) is 19.1 Å². The lowest BCUT2D eigenvalue weighted by atomic mass is 10.1. The SMILES string of the molecule is Cc1cc(NC(=O)CN2CCCC2)cc(Nc2ncc(C3=CNCC(n4ccccc4=O)=C3)o2)c1. The van der Waals surface area contributed by atoms with E-state index in [-0.39, 0.29) is 11.5 Å². The molecule has 0 spiro atoms. The van der Waals surface area contributed by atoms with E-state index in [1.165, 1.54) is 6.07 Å². The molecule has 4 heterocycles. The Labute approximate surface area is 203 Å². The Balaban J connectivity index is 1.28. The minimum atomic E-state index is -0.0931. The van der Waals surface area contributed by atoms with Crippen molar-refractivity contribution < 1.29 is 9.21 Å². The second-order valence-corrected chi connectivity index (χ2v) is 8.80. The highest BCUT2D eigenvalue weighted by Crippen LogP contribution is 2.26. The molecule has 0 saturated carbocycles. The fourth-order valence-corrected chi connectivity index (χ4v) is 4.36. The average Bonchev–Trinajstić information content (AvgIpc) is 3.51. The van der Waals surface area contributed by atoms with E-state index in [4.69, 9.17) is 4.42 Å². The number of likely N-dealkylation sites (tertiary alicyclic amines) is 1. The van der Waals surface area contributed by atoms with E-state index in [1.54, 1.807) is 23.0 Å². The van der Waals surface area contributed by atoms with Crippen molar-refractivity contribution in [3.05, 3.63) is 82.7 Å². The number of oxazole rings is 1. The average molecular weight is 473 g/mol. The molecule has 1 fully saturated rings. The Hall–Kier alpha value is -4.11. The molecule has 9 heteroatoms. The zero-order chi connectivity index (χ0) is 24.2. The van der Waals surface area contributed by atoms with Gasteiger partial charge >= 0.3 is 0 Å². The predicted octanol–water partition coefficient (Wildman–Crippen LogP) is 3.41. The summed E-state index contributed by atoms with van der Waals surface area (Å²) in [6.07, 6.45) is 9.42. The number of nitrogens with one attached hydrogen (secondary N) is 3. The van der Waals surface area contributed by atoms with Gasteiger partial charge in [-0.15, -0.1) is 0 Å². The van der Waals surface area contributed by atoms with Crippen LogP contribution in [0.15, 0.2) is 70.3 Å². The highest BCUT2D eigenvalue weighted by atomic mass is 16.4. The van der Waals surface area contributed by atoms with Gasteiger partial charge in [0.2, 0.25) is 5.91 Å².